The van der Waals surface area contributed by atoms with Gasteiger partial charge in [0.15, 0.2) is 0 Å². The van der Waals surface area contributed by atoms with Crippen molar-refractivity contribution in [2.45, 2.75) is 0 Å². The van der Waals surface area contributed by atoms with Gasteiger partial charge in [0.05, 0.1) is 18.0 Å². The van der Waals surface area contributed by atoms with Crippen LogP contribution in [0.15, 0.2) is 12.7 Å². The average Bonchev–Trinajstić information content (AvgIpc) is 1.61. The molecule has 0 rings (SSSR count). The summed E-state index contributed by atoms with van der Waals surface area (Å²) in [6, 6.07) is 0. The minimum absolute atomic E-state index is 0. The van der Waals surface area contributed by atoms with Gasteiger partial charge in [-0.15, -0.1) is 6.58 Å². The fourth-order valence-electron chi connectivity index (χ4n) is 0.104. The van der Waals surface area contributed by atoms with Crippen molar-refractivity contribution in [2.24, 2.45) is 0 Å². The Morgan fingerprint density at radius 2 is 2.38 bits per heavy atom. The molecule has 0 amide bonds. The monoisotopic (exact) mass is 185 g/mol. The van der Waals surface area contributed by atoms with Gasteiger partial charge in [-0.05, 0) is 0 Å². The van der Waals surface area contributed by atoms with Crippen LogP contribution in [0.4, 0.5) is 0 Å². The molecule has 0 bridgehead atoms. The Balaban J connectivity index is 0. The molecule has 5 heteroatoms. The molecular formula is C3H5O3SZn-. The van der Waals surface area contributed by atoms with Gasteiger partial charge in [0, 0.05) is 19.5 Å². The topological polar surface area (TPSA) is 49.4 Å². The van der Waals surface area contributed by atoms with Gasteiger partial charge in [-0.1, -0.05) is 6.08 Å². The molecule has 0 heterocycles. The minimum Gasteiger partial charge on any atom is -0.750 e. The quantitative estimate of drug-likeness (QED) is 0.354. The van der Waals surface area contributed by atoms with Gasteiger partial charge >= 0.3 is 0 Å². The molecule has 0 saturated carbocycles. The van der Waals surface area contributed by atoms with Crippen LogP contribution in [0.3, 0.4) is 0 Å². The Hall–Kier alpha value is 0.433. The third-order valence-corrected chi connectivity index (χ3v) is 0.611. The second kappa shape index (κ2) is 7.43. The van der Waals surface area contributed by atoms with Crippen molar-refractivity contribution in [2.75, 3.05) is 6.61 Å². The molecule has 3 nitrogen and oxygen atoms in total. The van der Waals surface area contributed by atoms with E-state index in [9.17, 15) is 8.76 Å². The van der Waals surface area contributed by atoms with Gasteiger partial charge < -0.3 is 4.55 Å². The van der Waals surface area contributed by atoms with E-state index >= 15 is 0 Å². The van der Waals surface area contributed by atoms with Crippen LogP contribution in [0.5, 0.6) is 0 Å². The van der Waals surface area contributed by atoms with E-state index in [4.69, 9.17) is 0 Å². The Morgan fingerprint density at radius 3 is 2.50 bits per heavy atom. The van der Waals surface area contributed by atoms with Gasteiger partial charge in [0.25, 0.3) is 0 Å². The zero-order chi connectivity index (χ0) is 5.70. The summed E-state index contributed by atoms with van der Waals surface area (Å²) < 4.78 is 23.0. The van der Waals surface area contributed by atoms with E-state index < -0.39 is 11.4 Å². The summed E-state index contributed by atoms with van der Waals surface area (Å²) in [5.74, 6) is 0. The maximum atomic E-state index is 9.49. The van der Waals surface area contributed by atoms with Crippen LogP contribution in [-0.2, 0) is 35.0 Å². The smallest absolute Gasteiger partial charge is 0.0845 e. The molecule has 0 fully saturated rings. The van der Waals surface area contributed by atoms with E-state index in [1.165, 1.54) is 6.08 Å². The van der Waals surface area contributed by atoms with Crippen LogP contribution >= 0.6 is 0 Å². The Bertz CT molecular complexity index is 84.6. The zero-order valence-electron chi connectivity index (χ0n) is 4.33. The Kier molecular flexibility index (Phi) is 10.5. The van der Waals surface area contributed by atoms with Gasteiger partial charge in [-0.2, -0.15) is 0 Å². The fourth-order valence-corrected chi connectivity index (χ4v) is 0.311. The second-order valence-corrected chi connectivity index (χ2v) is 1.42. The predicted molar refractivity (Wildman–Crippen MR) is 25.1 cm³/mol. The average molecular weight is 187 g/mol. The van der Waals surface area contributed by atoms with E-state index in [0.29, 0.717) is 0 Å². The normalized spacial score (nSPS) is 11.6. The molecule has 1 atom stereocenters. The molecule has 44 valence electrons. The van der Waals surface area contributed by atoms with Crippen molar-refractivity contribution in [1.29, 1.82) is 0 Å². The largest absolute Gasteiger partial charge is 0.750 e. The molecule has 0 aromatic carbocycles. The summed E-state index contributed by atoms with van der Waals surface area (Å²) >= 11 is -2.39. The molecule has 8 heavy (non-hydrogen) atoms. The molecule has 0 saturated heterocycles. The number of hydrogen-bond donors (Lipinski definition) is 0. The van der Waals surface area contributed by atoms with Crippen LogP contribution in [-0.4, -0.2) is 15.4 Å². The molecule has 0 aliphatic rings. The zero-order valence-corrected chi connectivity index (χ0v) is 8.12. The van der Waals surface area contributed by atoms with Gasteiger partial charge in [-0.25, -0.2) is 4.21 Å². The van der Waals surface area contributed by atoms with E-state index in [1.807, 2.05) is 0 Å². The van der Waals surface area contributed by atoms with E-state index in [0.717, 1.165) is 0 Å². The standard InChI is InChI=1S/C3H6O3S.Zn/c1-2-3-6-7(4)5;/h2H,1,3H2,(H,4,5);/p-1. The van der Waals surface area contributed by atoms with Crippen molar-refractivity contribution in [1.82, 2.24) is 0 Å². The van der Waals surface area contributed by atoms with E-state index in [-0.39, 0.29) is 26.1 Å². The summed E-state index contributed by atoms with van der Waals surface area (Å²) in [5, 5.41) is 0. The molecular weight excluding hydrogens is 181 g/mol. The molecule has 0 spiro atoms. The first kappa shape index (κ1) is 11.3. The third kappa shape index (κ3) is 9.66. The van der Waals surface area contributed by atoms with Crippen LogP contribution in [0.2, 0.25) is 0 Å². The summed E-state index contributed by atoms with van der Waals surface area (Å²) in [6.07, 6.45) is 1.36. The maximum Gasteiger partial charge on any atom is 0.0845 e. The molecule has 0 aromatic heterocycles. The third-order valence-electron chi connectivity index (χ3n) is 0.282. The fraction of sp³-hybridized carbons (Fsp3) is 0.333. The summed E-state index contributed by atoms with van der Waals surface area (Å²) in [7, 11) is 0. The molecule has 0 aromatic rings. The molecule has 0 aliphatic carbocycles. The SMILES string of the molecule is C=CCOS(=O)[O-].[Zn]. The van der Waals surface area contributed by atoms with E-state index in [1.54, 1.807) is 0 Å². The van der Waals surface area contributed by atoms with Gasteiger partial charge in [0.2, 0.25) is 0 Å². The Labute approximate surface area is 63.4 Å². The van der Waals surface area contributed by atoms with Crippen molar-refractivity contribution in [3.8, 4) is 0 Å². The van der Waals surface area contributed by atoms with Crippen LogP contribution in [0, 0.1) is 0 Å². The predicted octanol–water partition coefficient (Wildman–Crippen LogP) is -0.0194. The number of rotatable bonds is 3. The van der Waals surface area contributed by atoms with Crippen LogP contribution < -0.4 is 0 Å². The number of hydrogen-bond acceptors (Lipinski definition) is 3. The summed E-state index contributed by atoms with van der Waals surface area (Å²) in [5.41, 5.74) is 0. The Morgan fingerprint density at radius 1 is 1.88 bits per heavy atom. The maximum absolute atomic E-state index is 9.49. The first-order chi connectivity index (χ1) is 3.27. The summed E-state index contributed by atoms with van der Waals surface area (Å²) in [4.78, 5) is 0. The molecule has 0 radical (unpaired) electrons. The van der Waals surface area contributed by atoms with Crippen molar-refractivity contribution >= 4 is 11.4 Å². The van der Waals surface area contributed by atoms with Gasteiger partial charge in [-0.3, -0.25) is 4.18 Å². The van der Waals surface area contributed by atoms with Crippen molar-refractivity contribution < 1.29 is 32.4 Å². The first-order valence-corrected chi connectivity index (χ1v) is 2.61. The minimum atomic E-state index is -2.39. The summed E-state index contributed by atoms with van der Waals surface area (Å²) in [6.45, 7) is 3.29. The second-order valence-electron chi connectivity index (χ2n) is 0.777. The van der Waals surface area contributed by atoms with Crippen LogP contribution in [0.1, 0.15) is 0 Å². The molecule has 1 unspecified atom stereocenters. The van der Waals surface area contributed by atoms with Crippen molar-refractivity contribution in [3.63, 3.8) is 0 Å². The van der Waals surface area contributed by atoms with Gasteiger partial charge in [0.1, 0.15) is 0 Å². The molecule has 0 N–H and O–H groups in total. The van der Waals surface area contributed by atoms with Crippen LogP contribution in [0.25, 0.3) is 0 Å². The molecule has 0 aliphatic heterocycles. The van der Waals surface area contributed by atoms with Crippen molar-refractivity contribution in [3.05, 3.63) is 12.7 Å². The first-order valence-electron chi connectivity index (χ1n) is 1.61. The van der Waals surface area contributed by atoms with E-state index in [2.05, 4.69) is 10.8 Å².